The van der Waals surface area contributed by atoms with Gasteiger partial charge >= 0.3 is 0 Å². The molecule has 2 rings (SSSR count). The van der Waals surface area contributed by atoms with Gasteiger partial charge in [-0.15, -0.1) is 24.0 Å². The number of carbonyl (C=O) groups excluding carboxylic acids is 1. The van der Waals surface area contributed by atoms with Crippen molar-refractivity contribution in [3.05, 3.63) is 0 Å². The molecule has 0 aromatic carbocycles. The van der Waals surface area contributed by atoms with Crippen LogP contribution in [0.25, 0.3) is 0 Å². The summed E-state index contributed by atoms with van der Waals surface area (Å²) in [5.74, 6) is 1.21. The summed E-state index contributed by atoms with van der Waals surface area (Å²) in [5, 5.41) is 2.98. The molecule has 0 radical (unpaired) electrons. The fourth-order valence-electron chi connectivity index (χ4n) is 3.67. The first-order valence-corrected chi connectivity index (χ1v) is 11.6. The third-order valence-electron chi connectivity index (χ3n) is 5.37. The smallest absolute Gasteiger partial charge is 0.243 e. The Morgan fingerprint density at radius 3 is 2.46 bits per heavy atom. The predicted molar refractivity (Wildman–Crippen MR) is 124 cm³/mol. The highest BCUT2D eigenvalue weighted by atomic mass is 127. The van der Waals surface area contributed by atoms with Crippen molar-refractivity contribution < 1.29 is 13.2 Å². The van der Waals surface area contributed by atoms with Crippen LogP contribution in [0, 0.1) is 5.92 Å². The van der Waals surface area contributed by atoms with Gasteiger partial charge in [-0.3, -0.25) is 4.79 Å². The van der Waals surface area contributed by atoms with Crippen molar-refractivity contribution in [1.82, 2.24) is 19.8 Å². The number of guanidine groups is 1. The average Bonchev–Trinajstić information content (AvgIpc) is 3.13. The maximum Gasteiger partial charge on any atom is 0.243 e. The molecule has 1 aliphatic carbocycles. The van der Waals surface area contributed by atoms with E-state index in [0.29, 0.717) is 37.9 Å². The molecule has 1 saturated carbocycles. The summed E-state index contributed by atoms with van der Waals surface area (Å²) in [6, 6.07) is 0. The molecule has 1 amide bonds. The second kappa shape index (κ2) is 12.2. The van der Waals surface area contributed by atoms with Crippen LogP contribution >= 0.6 is 24.0 Å². The SMILES string of the molecule is CCNS(=O)(=O)C1CCN(C(=NCC(=O)N(C)C)NCC2CCCCC2)C1.I. The molecule has 0 aromatic rings. The second-order valence-electron chi connectivity index (χ2n) is 7.71. The topological polar surface area (TPSA) is 94.1 Å². The lowest BCUT2D eigenvalue weighted by Crippen LogP contribution is -2.44. The van der Waals surface area contributed by atoms with Crippen LogP contribution in [-0.4, -0.2) is 82.2 Å². The van der Waals surface area contributed by atoms with Crippen LogP contribution in [0.4, 0.5) is 0 Å². The van der Waals surface area contributed by atoms with E-state index in [1.54, 1.807) is 21.0 Å². The van der Waals surface area contributed by atoms with Crippen molar-refractivity contribution in [2.75, 3.05) is 46.8 Å². The summed E-state index contributed by atoms with van der Waals surface area (Å²) in [4.78, 5) is 19.9. The summed E-state index contributed by atoms with van der Waals surface area (Å²) in [6.45, 7) is 4.12. The van der Waals surface area contributed by atoms with Gasteiger partial charge in [0.25, 0.3) is 0 Å². The fourth-order valence-corrected chi connectivity index (χ4v) is 5.10. The zero-order valence-corrected chi connectivity index (χ0v) is 20.5. The van der Waals surface area contributed by atoms with Crippen LogP contribution in [0.3, 0.4) is 0 Å². The molecule has 0 aromatic heterocycles. The van der Waals surface area contributed by atoms with Crippen LogP contribution in [0.15, 0.2) is 4.99 Å². The first-order valence-electron chi connectivity index (χ1n) is 10.1. The largest absolute Gasteiger partial charge is 0.356 e. The van der Waals surface area contributed by atoms with Crippen LogP contribution < -0.4 is 10.0 Å². The minimum absolute atomic E-state index is 0. The van der Waals surface area contributed by atoms with Gasteiger partial charge in [0.2, 0.25) is 15.9 Å². The normalized spacial score (nSPS) is 21.3. The van der Waals surface area contributed by atoms with E-state index in [4.69, 9.17) is 0 Å². The fraction of sp³-hybridized carbons (Fsp3) is 0.889. The van der Waals surface area contributed by atoms with Crippen LogP contribution in [0.1, 0.15) is 45.4 Å². The van der Waals surface area contributed by atoms with E-state index in [1.807, 2.05) is 4.90 Å². The maximum atomic E-state index is 12.3. The Balaban J connectivity index is 0.00000392. The van der Waals surface area contributed by atoms with Gasteiger partial charge in [-0.1, -0.05) is 26.2 Å². The number of rotatable bonds is 7. The quantitative estimate of drug-likeness (QED) is 0.294. The monoisotopic (exact) mass is 529 g/mol. The Morgan fingerprint density at radius 2 is 1.86 bits per heavy atom. The molecule has 28 heavy (non-hydrogen) atoms. The Bertz CT molecular complexity index is 621. The zero-order valence-electron chi connectivity index (χ0n) is 17.3. The average molecular weight is 529 g/mol. The lowest BCUT2D eigenvalue weighted by molar-refractivity contribution is -0.127. The summed E-state index contributed by atoms with van der Waals surface area (Å²) in [5.41, 5.74) is 0. The van der Waals surface area contributed by atoms with E-state index in [-0.39, 0.29) is 36.4 Å². The van der Waals surface area contributed by atoms with Crippen LogP contribution in [-0.2, 0) is 14.8 Å². The van der Waals surface area contributed by atoms with E-state index >= 15 is 0 Å². The molecule has 1 unspecified atom stereocenters. The van der Waals surface area contributed by atoms with Gasteiger partial charge in [0.1, 0.15) is 6.54 Å². The molecule has 1 saturated heterocycles. The lowest BCUT2D eigenvalue weighted by atomic mass is 9.89. The Hall–Kier alpha value is -0.620. The third kappa shape index (κ3) is 7.66. The van der Waals surface area contributed by atoms with Gasteiger partial charge in [0, 0.05) is 40.3 Å². The first-order chi connectivity index (χ1) is 12.8. The molecule has 1 atom stereocenters. The van der Waals surface area contributed by atoms with Crippen molar-refractivity contribution >= 4 is 45.9 Å². The van der Waals surface area contributed by atoms with Gasteiger partial charge in [-0.25, -0.2) is 18.1 Å². The Labute approximate surface area is 187 Å². The third-order valence-corrected chi connectivity index (χ3v) is 7.32. The molecule has 2 N–H and O–H groups in total. The highest BCUT2D eigenvalue weighted by Gasteiger charge is 2.34. The predicted octanol–water partition coefficient (Wildman–Crippen LogP) is 1.23. The molecule has 164 valence electrons. The van der Waals surface area contributed by atoms with E-state index in [9.17, 15) is 13.2 Å². The summed E-state index contributed by atoms with van der Waals surface area (Å²) in [6.07, 6.45) is 6.85. The van der Waals surface area contributed by atoms with E-state index in [1.165, 1.54) is 37.0 Å². The van der Waals surface area contributed by atoms with E-state index < -0.39 is 15.3 Å². The maximum absolute atomic E-state index is 12.3. The van der Waals surface area contributed by atoms with Crippen molar-refractivity contribution in [2.24, 2.45) is 10.9 Å². The molecule has 10 heteroatoms. The number of sulfonamides is 1. The zero-order chi connectivity index (χ0) is 19.9. The standard InChI is InChI=1S/C18H35N5O3S.HI/c1-4-21-27(25,26)16-10-11-23(14-16)18(20-13-17(24)22(2)3)19-12-15-8-6-5-7-9-15;/h15-16,21H,4-14H2,1-3H3,(H,19,20);1H. The van der Waals surface area contributed by atoms with Gasteiger partial charge in [-0.2, -0.15) is 0 Å². The number of halogens is 1. The van der Waals surface area contributed by atoms with Crippen molar-refractivity contribution in [2.45, 2.75) is 50.7 Å². The van der Waals surface area contributed by atoms with E-state index in [2.05, 4.69) is 15.0 Å². The van der Waals surface area contributed by atoms with Crippen molar-refractivity contribution in [1.29, 1.82) is 0 Å². The molecule has 1 heterocycles. The van der Waals surface area contributed by atoms with Gasteiger partial charge in [-0.05, 0) is 25.2 Å². The number of aliphatic imine (C=N–C) groups is 1. The molecular formula is C18H36IN5O3S. The number of amides is 1. The number of nitrogens with zero attached hydrogens (tertiary/aromatic N) is 3. The van der Waals surface area contributed by atoms with Gasteiger partial charge < -0.3 is 15.1 Å². The van der Waals surface area contributed by atoms with Gasteiger partial charge in [0.15, 0.2) is 5.96 Å². The summed E-state index contributed by atoms with van der Waals surface area (Å²) in [7, 11) is 0.114. The van der Waals surface area contributed by atoms with Crippen LogP contribution in [0.5, 0.6) is 0 Å². The number of nitrogens with one attached hydrogen (secondary N) is 2. The Kier molecular flexibility index (Phi) is 11.0. The molecular weight excluding hydrogens is 493 g/mol. The van der Waals surface area contributed by atoms with Gasteiger partial charge in [0.05, 0.1) is 5.25 Å². The first kappa shape index (κ1) is 25.4. The molecule has 0 bridgehead atoms. The number of hydrogen-bond acceptors (Lipinski definition) is 4. The molecule has 8 nitrogen and oxygen atoms in total. The Morgan fingerprint density at radius 1 is 1.18 bits per heavy atom. The van der Waals surface area contributed by atoms with Crippen LogP contribution in [0.2, 0.25) is 0 Å². The summed E-state index contributed by atoms with van der Waals surface area (Å²) >= 11 is 0. The second-order valence-corrected chi connectivity index (χ2v) is 9.76. The highest BCUT2D eigenvalue weighted by Crippen LogP contribution is 2.23. The van der Waals surface area contributed by atoms with Crippen molar-refractivity contribution in [3.63, 3.8) is 0 Å². The molecule has 2 fully saturated rings. The minimum atomic E-state index is -3.31. The number of hydrogen-bond donors (Lipinski definition) is 2. The van der Waals surface area contributed by atoms with Crippen molar-refractivity contribution in [3.8, 4) is 0 Å². The summed E-state index contributed by atoms with van der Waals surface area (Å²) < 4.78 is 27.2. The number of likely N-dealkylation sites (N-methyl/N-ethyl adjacent to an activating group) is 1. The number of likely N-dealkylation sites (tertiary alicyclic amines) is 1. The highest BCUT2D eigenvalue weighted by molar-refractivity contribution is 14.0. The molecule has 1 aliphatic heterocycles. The lowest BCUT2D eigenvalue weighted by Gasteiger charge is -2.26. The molecule has 0 spiro atoms. The van der Waals surface area contributed by atoms with E-state index in [0.717, 1.165) is 6.54 Å². The molecule has 2 aliphatic rings. The minimum Gasteiger partial charge on any atom is -0.356 e. The number of carbonyl (C=O) groups is 1.